The Morgan fingerprint density at radius 2 is 2.05 bits per heavy atom. The summed E-state index contributed by atoms with van der Waals surface area (Å²) < 4.78 is 0. The van der Waals surface area contributed by atoms with Crippen LogP contribution in [0.1, 0.15) is 13.8 Å². The normalized spacial score (nSPS) is 16.9. The number of carbonyl (C=O) groups excluding carboxylic acids is 1. The van der Waals surface area contributed by atoms with Gasteiger partial charge in [0.2, 0.25) is 0 Å². The molecule has 1 aromatic rings. The lowest BCUT2D eigenvalue weighted by atomic mass is 10.3. The smallest absolute Gasteiger partial charge is 0.252 e. The minimum absolute atomic E-state index is 0.0189. The third-order valence-corrected chi connectivity index (χ3v) is 4.23. The summed E-state index contributed by atoms with van der Waals surface area (Å²) in [5, 5.41) is 0.681. The van der Waals surface area contributed by atoms with E-state index in [4.69, 9.17) is 12.2 Å². The van der Waals surface area contributed by atoms with E-state index < -0.39 is 0 Å². The number of anilines is 1. The molecular formula is C14H16N2OS2. The van der Waals surface area contributed by atoms with E-state index in [0.717, 1.165) is 10.6 Å². The van der Waals surface area contributed by atoms with Crippen LogP contribution in [0.2, 0.25) is 0 Å². The van der Waals surface area contributed by atoms with E-state index in [2.05, 4.69) is 6.58 Å². The second-order valence-corrected chi connectivity index (χ2v) is 6.37. The van der Waals surface area contributed by atoms with Gasteiger partial charge in [-0.15, -0.1) is 11.8 Å². The minimum Gasteiger partial charge on any atom is -0.327 e. The fourth-order valence-corrected chi connectivity index (χ4v) is 3.37. The molecule has 1 unspecified atom stereocenters. The molecule has 0 spiro atoms. The number of hydrogen-bond donors (Lipinski definition) is 0. The summed E-state index contributed by atoms with van der Waals surface area (Å²) in [4.78, 5) is 16.7. The average molecular weight is 292 g/mol. The summed E-state index contributed by atoms with van der Waals surface area (Å²) in [5.74, 6) is 0.0189. The lowest BCUT2D eigenvalue weighted by Gasteiger charge is -2.25. The lowest BCUT2D eigenvalue weighted by Crippen LogP contribution is -2.36. The van der Waals surface area contributed by atoms with Gasteiger partial charge in [0.05, 0.1) is 11.1 Å². The van der Waals surface area contributed by atoms with Crippen LogP contribution < -0.4 is 4.90 Å². The first-order chi connectivity index (χ1) is 9.00. The maximum absolute atomic E-state index is 12.2. The highest BCUT2D eigenvalue weighted by molar-refractivity contribution is 8.03. The summed E-state index contributed by atoms with van der Waals surface area (Å²) >= 11 is 7.06. The predicted octanol–water partition coefficient (Wildman–Crippen LogP) is 3.23. The fourth-order valence-electron chi connectivity index (χ4n) is 1.99. The third kappa shape index (κ3) is 2.98. The first kappa shape index (κ1) is 14.1. The highest BCUT2D eigenvalue weighted by Crippen LogP contribution is 2.28. The van der Waals surface area contributed by atoms with Crippen LogP contribution in [0.15, 0.2) is 41.8 Å². The van der Waals surface area contributed by atoms with Gasteiger partial charge in [-0.25, -0.2) is 0 Å². The highest BCUT2D eigenvalue weighted by Gasteiger charge is 2.36. The van der Waals surface area contributed by atoms with Crippen LogP contribution in [-0.4, -0.2) is 27.8 Å². The van der Waals surface area contributed by atoms with Crippen molar-refractivity contribution >= 4 is 40.7 Å². The van der Waals surface area contributed by atoms with Crippen molar-refractivity contribution in [3.05, 3.63) is 41.8 Å². The standard InChI is InChI=1S/C14H16N2OS2/c1-10(2)19-11(3)15-9-13(17)16(14(15)18)12-7-5-4-6-8-12/h4-8,11H,1,9H2,2-3H3. The van der Waals surface area contributed by atoms with Crippen LogP contribution in [0.4, 0.5) is 5.69 Å². The van der Waals surface area contributed by atoms with Gasteiger partial charge < -0.3 is 4.90 Å². The molecule has 1 heterocycles. The lowest BCUT2D eigenvalue weighted by molar-refractivity contribution is -0.116. The van der Waals surface area contributed by atoms with Crippen molar-refractivity contribution in [2.45, 2.75) is 19.2 Å². The molecule has 0 bridgehead atoms. The number of amides is 1. The van der Waals surface area contributed by atoms with Gasteiger partial charge in [0.1, 0.15) is 6.54 Å². The summed E-state index contributed by atoms with van der Waals surface area (Å²) in [6.07, 6.45) is 0. The molecular weight excluding hydrogens is 276 g/mol. The molecule has 1 aromatic carbocycles. The Kier molecular flexibility index (Phi) is 4.27. The molecule has 1 aliphatic heterocycles. The van der Waals surface area contributed by atoms with Gasteiger partial charge in [0.25, 0.3) is 5.91 Å². The molecule has 100 valence electrons. The zero-order valence-electron chi connectivity index (χ0n) is 11.0. The largest absolute Gasteiger partial charge is 0.327 e. The molecule has 2 rings (SSSR count). The molecule has 0 aliphatic carbocycles. The van der Waals surface area contributed by atoms with E-state index in [1.54, 1.807) is 16.7 Å². The molecule has 19 heavy (non-hydrogen) atoms. The maximum atomic E-state index is 12.2. The molecule has 1 fully saturated rings. The van der Waals surface area contributed by atoms with E-state index in [1.807, 2.05) is 49.1 Å². The minimum atomic E-state index is 0.0189. The number of allylic oxidation sites excluding steroid dienone is 1. The van der Waals surface area contributed by atoms with Crippen LogP contribution in [0, 0.1) is 0 Å². The topological polar surface area (TPSA) is 23.6 Å². The van der Waals surface area contributed by atoms with Gasteiger partial charge in [0.15, 0.2) is 5.11 Å². The van der Waals surface area contributed by atoms with E-state index in [-0.39, 0.29) is 11.3 Å². The quantitative estimate of drug-likeness (QED) is 0.795. The van der Waals surface area contributed by atoms with Crippen LogP contribution in [0.5, 0.6) is 0 Å². The van der Waals surface area contributed by atoms with E-state index in [0.29, 0.717) is 11.7 Å². The monoisotopic (exact) mass is 292 g/mol. The summed E-state index contributed by atoms with van der Waals surface area (Å²) in [6.45, 7) is 8.20. The van der Waals surface area contributed by atoms with Crippen molar-refractivity contribution in [2.24, 2.45) is 0 Å². The molecule has 1 saturated heterocycles. The molecule has 1 atom stereocenters. The van der Waals surface area contributed by atoms with Crippen molar-refractivity contribution in [3.8, 4) is 0 Å². The average Bonchev–Trinajstić information content (AvgIpc) is 2.65. The Balaban J connectivity index is 2.19. The SMILES string of the molecule is C=C(C)SC(C)N1CC(=O)N(c2ccccc2)C1=S. The zero-order valence-corrected chi connectivity index (χ0v) is 12.6. The van der Waals surface area contributed by atoms with Crippen LogP contribution in [-0.2, 0) is 4.79 Å². The van der Waals surface area contributed by atoms with E-state index >= 15 is 0 Å². The molecule has 5 heteroatoms. The molecule has 1 amide bonds. The number of para-hydroxylation sites is 1. The third-order valence-electron chi connectivity index (χ3n) is 2.82. The summed E-state index contributed by atoms with van der Waals surface area (Å²) in [5.41, 5.74) is 0.826. The second kappa shape index (κ2) is 5.75. The van der Waals surface area contributed by atoms with Crippen molar-refractivity contribution in [1.29, 1.82) is 0 Å². The first-order valence-electron chi connectivity index (χ1n) is 6.01. The second-order valence-electron chi connectivity index (χ2n) is 4.39. The number of hydrogen-bond acceptors (Lipinski definition) is 3. The van der Waals surface area contributed by atoms with Gasteiger partial charge >= 0.3 is 0 Å². The van der Waals surface area contributed by atoms with Gasteiger partial charge in [0, 0.05) is 0 Å². The molecule has 3 nitrogen and oxygen atoms in total. The Hall–Kier alpha value is -1.33. The number of nitrogens with zero attached hydrogens (tertiary/aromatic N) is 2. The molecule has 0 radical (unpaired) electrons. The van der Waals surface area contributed by atoms with Crippen molar-refractivity contribution in [1.82, 2.24) is 4.90 Å². The zero-order chi connectivity index (χ0) is 14.0. The van der Waals surface area contributed by atoms with Gasteiger partial charge in [-0.1, -0.05) is 24.8 Å². The first-order valence-corrected chi connectivity index (χ1v) is 7.30. The molecule has 0 saturated carbocycles. The molecule has 0 aromatic heterocycles. The Labute approximate surface area is 123 Å². The van der Waals surface area contributed by atoms with Crippen molar-refractivity contribution < 1.29 is 4.79 Å². The molecule has 1 aliphatic rings. The highest BCUT2D eigenvalue weighted by atomic mass is 32.2. The van der Waals surface area contributed by atoms with Crippen LogP contribution >= 0.6 is 24.0 Å². The van der Waals surface area contributed by atoms with Crippen molar-refractivity contribution in [2.75, 3.05) is 11.4 Å². The fraction of sp³-hybridized carbons (Fsp3) is 0.286. The van der Waals surface area contributed by atoms with Crippen LogP contribution in [0.25, 0.3) is 0 Å². The van der Waals surface area contributed by atoms with Crippen molar-refractivity contribution in [3.63, 3.8) is 0 Å². The van der Waals surface area contributed by atoms with Gasteiger partial charge in [-0.05, 0) is 43.1 Å². The number of carbonyl (C=O) groups is 1. The number of thioether (sulfide) groups is 1. The Bertz CT molecular complexity index is 515. The maximum Gasteiger partial charge on any atom is 0.252 e. The number of thiocarbonyl (C=S) groups is 1. The Morgan fingerprint density at radius 3 is 2.63 bits per heavy atom. The van der Waals surface area contributed by atoms with E-state index in [9.17, 15) is 4.79 Å². The predicted molar refractivity (Wildman–Crippen MR) is 85.1 cm³/mol. The Morgan fingerprint density at radius 1 is 1.42 bits per heavy atom. The van der Waals surface area contributed by atoms with E-state index in [1.165, 1.54) is 0 Å². The summed E-state index contributed by atoms with van der Waals surface area (Å²) in [7, 11) is 0. The summed E-state index contributed by atoms with van der Waals surface area (Å²) in [6, 6.07) is 9.51. The number of rotatable bonds is 4. The van der Waals surface area contributed by atoms with Crippen LogP contribution in [0.3, 0.4) is 0 Å². The molecule has 0 N–H and O–H groups in total. The number of benzene rings is 1. The van der Waals surface area contributed by atoms with Gasteiger partial charge in [-0.2, -0.15) is 0 Å². The van der Waals surface area contributed by atoms with Gasteiger partial charge in [-0.3, -0.25) is 9.69 Å².